The average molecular weight is 285 g/mol. The van der Waals surface area contributed by atoms with E-state index in [4.69, 9.17) is 0 Å². The Morgan fingerprint density at radius 1 is 1.38 bits per heavy atom. The summed E-state index contributed by atoms with van der Waals surface area (Å²) in [4.78, 5) is 4.32. The molecule has 0 bridgehead atoms. The molecule has 0 radical (unpaired) electrons. The molecular formula is C10H8INO. The molecule has 2 nitrogen and oxygen atoms in total. The van der Waals surface area contributed by atoms with Crippen LogP contribution in [0.1, 0.15) is 5.69 Å². The number of pyridine rings is 1. The third kappa shape index (κ3) is 1.48. The molecule has 0 saturated heterocycles. The van der Waals surface area contributed by atoms with Crippen LogP contribution >= 0.6 is 22.6 Å². The minimum absolute atomic E-state index is 0.247. The maximum absolute atomic E-state index is 9.52. The molecule has 0 atom stereocenters. The minimum Gasteiger partial charge on any atom is -0.506 e. The average Bonchev–Trinajstić information content (AvgIpc) is 2.09. The van der Waals surface area contributed by atoms with Gasteiger partial charge < -0.3 is 5.11 Å². The first-order valence-corrected chi connectivity index (χ1v) is 5.01. The summed E-state index contributed by atoms with van der Waals surface area (Å²) in [6.07, 6.45) is 0. The van der Waals surface area contributed by atoms with Crippen molar-refractivity contribution < 1.29 is 5.11 Å². The fourth-order valence-corrected chi connectivity index (χ4v) is 1.71. The number of rotatable bonds is 0. The van der Waals surface area contributed by atoms with Crippen LogP contribution in [0.4, 0.5) is 0 Å². The summed E-state index contributed by atoms with van der Waals surface area (Å²) in [6, 6.07) is 7.45. The SMILES string of the molecule is Cc1nc2c(O)cccc2cc1I. The van der Waals surface area contributed by atoms with Gasteiger partial charge in [-0.05, 0) is 41.6 Å². The van der Waals surface area contributed by atoms with Crippen LogP contribution in [0.15, 0.2) is 24.3 Å². The molecule has 0 aliphatic rings. The van der Waals surface area contributed by atoms with Gasteiger partial charge in [-0.3, -0.25) is 0 Å². The lowest BCUT2D eigenvalue weighted by molar-refractivity contribution is 0.480. The van der Waals surface area contributed by atoms with E-state index in [9.17, 15) is 5.11 Å². The summed E-state index contributed by atoms with van der Waals surface area (Å²) in [6.45, 7) is 1.94. The summed E-state index contributed by atoms with van der Waals surface area (Å²) in [5.41, 5.74) is 1.63. The second-order valence-corrected chi connectivity index (χ2v) is 4.07. The number of phenols is 1. The number of aryl methyl sites for hydroxylation is 1. The van der Waals surface area contributed by atoms with Crippen molar-refractivity contribution in [2.75, 3.05) is 0 Å². The Morgan fingerprint density at radius 2 is 2.15 bits per heavy atom. The van der Waals surface area contributed by atoms with Gasteiger partial charge in [-0.2, -0.15) is 0 Å². The van der Waals surface area contributed by atoms with E-state index in [2.05, 4.69) is 27.6 Å². The molecule has 1 heterocycles. The highest BCUT2D eigenvalue weighted by atomic mass is 127. The van der Waals surface area contributed by atoms with E-state index in [0.29, 0.717) is 5.52 Å². The second-order valence-electron chi connectivity index (χ2n) is 2.90. The van der Waals surface area contributed by atoms with Crippen LogP contribution in [-0.4, -0.2) is 10.1 Å². The van der Waals surface area contributed by atoms with Gasteiger partial charge in [0.15, 0.2) is 0 Å². The fourth-order valence-electron chi connectivity index (χ4n) is 1.25. The Labute approximate surface area is 89.8 Å². The molecule has 3 heteroatoms. The number of nitrogens with zero attached hydrogens (tertiary/aromatic N) is 1. The number of fused-ring (bicyclic) bond motifs is 1. The van der Waals surface area contributed by atoms with Crippen LogP contribution in [0.2, 0.25) is 0 Å². The lowest BCUT2D eigenvalue weighted by Crippen LogP contribution is -1.87. The zero-order valence-corrected chi connectivity index (χ0v) is 9.24. The largest absolute Gasteiger partial charge is 0.506 e. The number of hydrogen-bond donors (Lipinski definition) is 1. The van der Waals surface area contributed by atoms with Crippen LogP contribution in [0.5, 0.6) is 5.75 Å². The number of aromatic nitrogens is 1. The van der Waals surface area contributed by atoms with Crippen molar-refractivity contribution in [1.29, 1.82) is 0 Å². The number of para-hydroxylation sites is 1. The third-order valence-corrected chi connectivity index (χ3v) is 3.05. The highest BCUT2D eigenvalue weighted by Crippen LogP contribution is 2.24. The Bertz CT molecular complexity index is 468. The van der Waals surface area contributed by atoms with Gasteiger partial charge in [0.25, 0.3) is 0 Å². The molecule has 0 aliphatic heterocycles. The molecular weight excluding hydrogens is 277 g/mol. The van der Waals surface area contributed by atoms with Crippen molar-refractivity contribution in [2.24, 2.45) is 0 Å². The molecule has 66 valence electrons. The molecule has 0 unspecified atom stereocenters. The van der Waals surface area contributed by atoms with E-state index in [0.717, 1.165) is 14.7 Å². The number of hydrogen-bond acceptors (Lipinski definition) is 2. The van der Waals surface area contributed by atoms with Crippen molar-refractivity contribution >= 4 is 33.5 Å². The van der Waals surface area contributed by atoms with Gasteiger partial charge >= 0.3 is 0 Å². The van der Waals surface area contributed by atoms with Crippen molar-refractivity contribution in [3.63, 3.8) is 0 Å². The van der Waals surface area contributed by atoms with E-state index >= 15 is 0 Å². The molecule has 13 heavy (non-hydrogen) atoms. The molecule has 0 amide bonds. The van der Waals surface area contributed by atoms with E-state index in [-0.39, 0.29) is 5.75 Å². The summed E-state index contributed by atoms with van der Waals surface area (Å²) in [7, 11) is 0. The zero-order chi connectivity index (χ0) is 9.42. The van der Waals surface area contributed by atoms with Gasteiger partial charge in [0.05, 0.1) is 5.69 Å². The molecule has 1 aromatic heterocycles. The molecule has 0 fully saturated rings. The van der Waals surface area contributed by atoms with Crippen molar-refractivity contribution in [1.82, 2.24) is 4.98 Å². The third-order valence-electron chi connectivity index (χ3n) is 1.95. The molecule has 0 spiro atoms. The first-order chi connectivity index (χ1) is 6.18. The normalized spacial score (nSPS) is 10.6. The van der Waals surface area contributed by atoms with E-state index < -0.39 is 0 Å². The summed E-state index contributed by atoms with van der Waals surface area (Å²) in [5.74, 6) is 0.247. The molecule has 0 aliphatic carbocycles. The van der Waals surface area contributed by atoms with Gasteiger partial charge in [0.2, 0.25) is 0 Å². The Hall–Kier alpha value is -0.840. The Balaban J connectivity index is 2.89. The predicted octanol–water partition coefficient (Wildman–Crippen LogP) is 2.85. The van der Waals surface area contributed by atoms with Gasteiger partial charge in [-0.25, -0.2) is 4.98 Å². The molecule has 0 saturated carbocycles. The Morgan fingerprint density at radius 3 is 2.92 bits per heavy atom. The molecule has 1 N–H and O–H groups in total. The fraction of sp³-hybridized carbons (Fsp3) is 0.100. The number of phenolic OH excluding ortho intramolecular Hbond substituents is 1. The standard InChI is InChI=1S/C10H8INO/c1-6-8(11)5-7-3-2-4-9(13)10(7)12-6/h2-5,13H,1H3. The smallest absolute Gasteiger partial charge is 0.141 e. The van der Waals surface area contributed by atoms with Crippen molar-refractivity contribution in [3.8, 4) is 5.75 Å². The summed E-state index contributed by atoms with van der Waals surface area (Å²) >= 11 is 2.24. The Kier molecular flexibility index (Phi) is 2.11. The number of benzene rings is 1. The van der Waals surface area contributed by atoms with Crippen molar-refractivity contribution in [2.45, 2.75) is 6.92 Å². The van der Waals surface area contributed by atoms with E-state index in [1.165, 1.54) is 0 Å². The summed E-state index contributed by atoms with van der Waals surface area (Å²) < 4.78 is 1.12. The van der Waals surface area contributed by atoms with Gasteiger partial charge in [-0.1, -0.05) is 12.1 Å². The van der Waals surface area contributed by atoms with Gasteiger partial charge in [-0.15, -0.1) is 0 Å². The van der Waals surface area contributed by atoms with Gasteiger partial charge in [0.1, 0.15) is 11.3 Å². The topological polar surface area (TPSA) is 33.1 Å². The second kappa shape index (κ2) is 3.14. The number of halogens is 1. The van der Waals surface area contributed by atoms with Gasteiger partial charge in [0, 0.05) is 8.96 Å². The maximum atomic E-state index is 9.52. The first-order valence-electron chi connectivity index (χ1n) is 3.93. The van der Waals surface area contributed by atoms with Crippen molar-refractivity contribution in [3.05, 3.63) is 33.5 Å². The first kappa shape index (κ1) is 8.74. The van der Waals surface area contributed by atoms with E-state index in [1.54, 1.807) is 6.07 Å². The molecule has 1 aromatic carbocycles. The van der Waals surface area contributed by atoms with Crippen LogP contribution in [0.3, 0.4) is 0 Å². The predicted molar refractivity (Wildman–Crippen MR) is 60.9 cm³/mol. The molecule has 2 rings (SSSR count). The maximum Gasteiger partial charge on any atom is 0.141 e. The van der Waals surface area contributed by atoms with E-state index in [1.807, 2.05) is 25.1 Å². The lowest BCUT2D eigenvalue weighted by Gasteiger charge is -2.02. The molecule has 2 aromatic rings. The lowest BCUT2D eigenvalue weighted by atomic mass is 10.2. The highest BCUT2D eigenvalue weighted by Gasteiger charge is 2.03. The zero-order valence-electron chi connectivity index (χ0n) is 7.08. The monoisotopic (exact) mass is 285 g/mol. The quantitative estimate of drug-likeness (QED) is 0.755. The highest BCUT2D eigenvalue weighted by molar-refractivity contribution is 14.1. The van der Waals surface area contributed by atoms with Crippen LogP contribution in [0.25, 0.3) is 10.9 Å². The minimum atomic E-state index is 0.247. The van der Waals surface area contributed by atoms with Crippen LogP contribution in [0, 0.1) is 10.5 Å². The number of aromatic hydroxyl groups is 1. The summed E-state index contributed by atoms with van der Waals surface area (Å²) in [5, 5.41) is 10.5. The van der Waals surface area contributed by atoms with Crippen LogP contribution in [-0.2, 0) is 0 Å². The van der Waals surface area contributed by atoms with Crippen LogP contribution < -0.4 is 0 Å².